The van der Waals surface area contributed by atoms with Crippen molar-refractivity contribution in [1.29, 1.82) is 0 Å². The van der Waals surface area contributed by atoms with Crippen LogP contribution in [0.5, 0.6) is 0 Å². The van der Waals surface area contributed by atoms with E-state index in [-0.39, 0.29) is 5.91 Å². The standard InChI is InChI=1S/C15H22N2O2/c1-2-13-5-3-4-6-14(13)16-8-7-15(18)17-9-11-19-12-10-17/h3-6,16H,2,7-12H2,1H3. The molecule has 1 heterocycles. The van der Waals surface area contributed by atoms with Gasteiger partial charge in [-0.25, -0.2) is 0 Å². The third kappa shape index (κ3) is 3.96. The molecule has 1 saturated heterocycles. The first-order valence-electron chi connectivity index (χ1n) is 6.98. The molecule has 4 heteroatoms. The van der Waals surface area contributed by atoms with Gasteiger partial charge in [0.05, 0.1) is 13.2 Å². The fourth-order valence-corrected chi connectivity index (χ4v) is 2.28. The van der Waals surface area contributed by atoms with Gasteiger partial charge in [-0.15, -0.1) is 0 Å². The zero-order valence-electron chi connectivity index (χ0n) is 11.5. The Hall–Kier alpha value is -1.55. The van der Waals surface area contributed by atoms with E-state index >= 15 is 0 Å². The second-order valence-electron chi connectivity index (χ2n) is 4.68. The van der Waals surface area contributed by atoms with Gasteiger partial charge in [-0.05, 0) is 18.1 Å². The number of hydrogen-bond donors (Lipinski definition) is 1. The SMILES string of the molecule is CCc1ccccc1NCCC(=O)N1CCOCC1. The number of para-hydroxylation sites is 1. The maximum absolute atomic E-state index is 12.0. The summed E-state index contributed by atoms with van der Waals surface area (Å²) in [4.78, 5) is 13.9. The minimum Gasteiger partial charge on any atom is -0.384 e. The Labute approximate surface area is 114 Å². The summed E-state index contributed by atoms with van der Waals surface area (Å²) in [5.74, 6) is 0.213. The molecule has 0 radical (unpaired) electrons. The first kappa shape index (κ1) is 13.9. The predicted octanol–water partition coefficient (Wildman–Crippen LogP) is 1.91. The quantitative estimate of drug-likeness (QED) is 0.881. The molecule has 1 fully saturated rings. The van der Waals surface area contributed by atoms with E-state index in [9.17, 15) is 4.79 Å². The average molecular weight is 262 g/mol. The molecule has 1 aromatic carbocycles. The first-order valence-corrected chi connectivity index (χ1v) is 6.98. The summed E-state index contributed by atoms with van der Waals surface area (Å²) in [5, 5.41) is 3.36. The number of rotatable bonds is 5. The highest BCUT2D eigenvalue weighted by Gasteiger charge is 2.15. The number of carbonyl (C=O) groups is 1. The van der Waals surface area contributed by atoms with Gasteiger partial charge in [0.2, 0.25) is 5.91 Å². The van der Waals surface area contributed by atoms with Crippen LogP contribution in [-0.2, 0) is 16.0 Å². The highest BCUT2D eigenvalue weighted by atomic mass is 16.5. The van der Waals surface area contributed by atoms with Gasteiger partial charge in [-0.2, -0.15) is 0 Å². The van der Waals surface area contributed by atoms with Gasteiger partial charge >= 0.3 is 0 Å². The van der Waals surface area contributed by atoms with Gasteiger partial charge in [0.1, 0.15) is 0 Å². The molecule has 1 aliphatic heterocycles. The third-order valence-corrected chi connectivity index (χ3v) is 3.42. The molecule has 0 spiro atoms. The molecule has 1 aliphatic rings. The summed E-state index contributed by atoms with van der Waals surface area (Å²) < 4.78 is 5.24. The van der Waals surface area contributed by atoms with E-state index < -0.39 is 0 Å². The van der Waals surface area contributed by atoms with Crippen molar-refractivity contribution in [1.82, 2.24) is 4.90 Å². The van der Waals surface area contributed by atoms with Crippen molar-refractivity contribution in [3.8, 4) is 0 Å². The van der Waals surface area contributed by atoms with Crippen molar-refractivity contribution in [2.45, 2.75) is 19.8 Å². The number of hydrogen-bond acceptors (Lipinski definition) is 3. The van der Waals surface area contributed by atoms with Gasteiger partial charge in [0, 0.05) is 31.7 Å². The molecule has 104 valence electrons. The fourth-order valence-electron chi connectivity index (χ4n) is 2.28. The third-order valence-electron chi connectivity index (χ3n) is 3.42. The van der Waals surface area contributed by atoms with Gasteiger partial charge in [0.25, 0.3) is 0 Å². The Morgan fingerprint density at radius 1 is 1.32 bits per heavy atom. The Kier molecular flexibility index (Phi) is 5.21. The van der Waals surface area contributed by atoms with Crippen molar-refractivity contribution < 1.29 is 9.53 Å². The van der Waals surface area contributed by atoms with Crippen LogP contribution in [0.2, 0.25) is 0 Å². The highest BCUT2D eigenvalue weighted by Crippen LogP contribution is 2.15. The van der Waals surface area contributed by atoms with Crippen LogP contribution in [0.3, 0.4) is 0 Å². The molecule has 0 aromatic heterocycles. The van der Waals surface area contributed by atoms with Gasteiger partial charge in [-0.3, -0.25) is 4.79 Å². The number of carbonyl (C=O) groups excluding carboxylic acids is 1. The number of benzene rings is 1. The Bertz CT molecular complexity index is 414. The maximum atomic E-state index is 12.0. The lowest BCUT2D eigenvalue weighted by Gasteiger charge is -2.27. The van der Waals surface area contributed by atoms with E-state index in [2.05, 4.69) is 24.4 Å². The molecule has 1 amide bonds. The summed E-state index contributed by atoms with van der Waals surface area (Å²) >= 11 is 0. The maximum Gasteiger partial charge on any atom is 0.224 e. The summed E-state index contributed by atoms with van der Waals surface area (Å²) in [7, 11) is 0. The van der Waals surface area contributed by atoms with Crippen LogP contribution in [0.4, 0.5) is 5.69 Å². The van der Waals surface area contributed by atoms with Crippen molar-refractivity contribution >= 4 is 11.6 Å². The summed E-state index contributed by atoms with van der Waals surface area (Å²) in [6.45, 7) is 5.61. The average Bonchev–Trinajstić information content (AvgIpc) is 2.48. The van der Waals surface area contributed by atoms with Gasteiger partial charge < -0.3 is 15.0 Å². The topological polar surface area (TPSA) is 41.6 Å². The minimum absolute atomic E-state index is 0.213. The molecule has 1 N–H and O–H groups in total. The lowest BCUT2D eigenvalue weighted by molar-refractivity contribution is -0.134. The molecule has 2 rings (SSSR count). The van der Waals surface area contributed by atoms with Gasteiger partial charge in [-0.1, -0.05) is 25.1 Å². The lowest BCUT2D eigenvalue weighted by Crippen LogP contribution is -2.41. The normalized spacial score (nSPS) is 15.3. The minimum atomic E-state index is 0.213. The molecule has 0 unspecified atom stereocenters. The van der Waals surface area contributed by atoms with Crippen LogP contribution in [0.25, 0.3) is 0 Å². The summed E-state index contributed by atoms with van der Waals surface area (Å²) in [5.41, 5.74) is 2.43. The molecule has 0 atom stereocenters. The Morgan fingerprint density at radius 2 is 2.05 bits per heavy atom. The van der Waals surface area contributed by atoms with Gasteiger partial charge in [0.15, 0.2) is 0 Å². The van der Waals surface area contributed by atoms with Crippen molar-refractivity contribution in [2.75, 3.05) is 38.2 Å². The Balaban J connectivity index is 1.78. The van der Waals surface area contributed by atoms with E-state index in [0.29, 0.717) is 26.2 Å². The van der Waals surface area contributed by atoms with Crippen molar-refractivity contribution in [3.05, 3.63) is 29.8 Å². The van der Waals surface area contributed by atoms with E-state index in [1.54, 1.807) is 0 Å². The second kappa shape index (κ2) is 7.14. The van der Waals surface area contributed by atoms with E-state index in [1.165, 1.54) is 5.56 Å². The number of nitrogens with one attached hydrogen (secondary N) is 1. The molecule has 0 bridgehead atoms. The Morgan fingerprint density at radius 3 is 2.79 bits per heavy atom. The first-order chi connectivity index (χ1) is 9.31. The zero-order valence-corrected chi connectivity index (χ0v) is 11.5. The van der Waals surface area contributed by atoms with Crippen LogP contribution in [0.15, 0.2) is 24.3 Å². The van der Waals surface area contributed by atoms with Crippen molar-refractivity contribution in [3.63, 3.8) is 0 Å². The molecule has 1 aromatic rings. The zero-order chi connectivity index (χ0) is 13.5. The molecular weight excluding hydrogens is 240 g/mol. The molecule has 4 nitrogen and oxygen atoms in total. The number of aryl methyl sites for hydroxylation is 1. The lowest BCUT2D eigenvalue weighted by atomic mass is 10.1. The van der Waals surface area contributed by atoms with E-state index in [0.717, 1.165) is 25.2 Å². The number of anilines is 1. The number of ether oxygens (including phenoxy) is 1. The van der Waals surface area contributed by atoms with Crippen LogP contribution >= 0.6 is 0 Å². The predicted molar refractivity (Wildman–Crippen MR) is 76.3 cm³/mol. The summed E-state index contributed by atoms with van der Waals surface area (Å²) in [6.07, 6.45) is 1.54. The van der Waals surface area contributed by atoms with Crippen LogP contribution < -0.4 is 5.32 Å². The molecular formula is C15H22N2O2. The molecule has 19 heavy (non-hydrogen) atoms. The molecule has 0 saturated carbocycles. The number of nitrogens with zero attached hydrogens (tertiary/aromatic N) is 1. The highest BCUT2D eigenvalue weighted by molar-refractivity contribution is 5.76. The van der Waals surface area contributed by atoms with Crippen LogP contribution in [0, 0.1) is 0 Å². The smallest absolute Gasteiger partial charge is 0.224 e. The molecule has 0 aliphatic carbocycles. The summed E-state index contributed by atoms with van der Waals surface area (Å²) in [6, 6.07) is 8.25. The second-order valence-corrected chi connectivity index (χ2v) is 4.68. The largest absolute Gasteiger partial charge is 0.384 e. The van der Waals surface area contributed by atoms with Crippen LogP contribution in [-0.4, -0.2) is 43.7 Å². The van der Waals surface area contributed by atoms with Crippen molar-refractivity contribution in [2.24, 2.45) is 0 Å². The van der Waals surface area contributed by atoms with E-state index in [4.69, 9.17) is 4.74 Å². The fraction of sp³-hybridized carbons (Fsp3) is 0.533. The van der Waals surface area contributed by atoms with E-state index in [1.807, 2.05) is 17.0 Å². The monoisotopic (exact) mass is 262 g/mol. The number of morpholine rings is 1. The number of amides is 1. The van der Waals surface area contributed by atoms with Crippen LogP contribution in [0.1, 0.15) is 18.9 Å².